The molecule has 0 radical (unpaired) electrons. The van der Waals surface area contributed by atoms with Gasteiger partial charge in [0.05, 0.1) is 5.71 Å². The van der Waals surface area contributed by atoms with Gasteiger partial charge in [-0.25, -0.2) is 4.39 Å². The maximum atomic E-state index is 13.2. The van der Waals surface area contributed by atoms with Gasteiger partial charge in [-0.15, -0.1) is 0 Å². The highest BCUT2D eigenvalue weighted by atomic mass is 32.1. The van der Waals surface area contributed by atoms with E-state index in [1.54, 1.807) is 37.3 Å². The van der Waals surface area contributed by atoms with Gasteiger partial charge in [0, 0.05) is 5.56 Å². The van der Waals surface area contributed by atoms with Crippen LogP contribution in [0.2, 0.25) is 0 Å². The lowest BCUT2D eigenvalue weighted by molar-refractivity contribution is 0.625. The van der Waals surface area contributed by atoms with Gasteiger partial charge in [0.1, 0.15) is 5.82 Å². The van der Waals surface area contributed by atoms with E-state index < -0.39 is 0 Å². The molecular weight excluding hydrogens is 225 g/mol. The fourth-order valence-corrected chi connectivity index (χ4v) is 1.05. The smallest absolute Gasteiger partial charge is 0.184 e. The van der Waals surface area contributed by atoms with Crippen LogP contribution in [0.5, 0.6) is 0 Å². The summed E-state index contributed by atoms with van der Waals surface area (Å²) in [5, 5.41) is 3.96. The molecule has 3 nitrogen and oxygen atoms in total. The lowest BCUT2D eigenvalue weighted by Gasteiger charge is -1.97. The molecule has 0 aliphatic carbocycles. The summed E-state index contributed by atoms with van der Waals surface area (Å²) in [7, 11) is 0. The number of hydrazone groups is 1. The van der Waals surface area contributed by atoms with Crippen LogP contribution in [-0.2, 0) is 0 Å². The highest BCUT2D eigenvalue weighted by Crippen LogP contribution is 2.07. The van der Waals surface area contributed by atoms with E-state index in [1.165, 1.54) is 6.07 Å². The first-order valence-corrected chi connectivity index (χ1v) is 5.03. The third kappa shape index (κ3) is 4.18. The van der Waals surface area contributed by atoms with Crippen molar-refractivity contribution in [3.63, 3.8) is 0 Å². The van der Waals surface area contributed by atoms with Crippen LogP contribution in [0.15, 0.2) is 35.4 Å². The SMILES string of the molecule is CC(/C=C/c1ccccc1F)=N/NC(N)=S. The molecule has 1 aromatic rings. The molecule has 0 bridgehead atoms. The Hall–Kier alpha value is -1.75. The fraction of sp³-hybridized carbons (Fsp3) is 0.0909. The molecule has 1 aromatic carbocycles. The van der Waals surface area contributed by atoms with Crippen molar-refractivity contribution in [2.24, 2.45) is 10.8 Å². The first-order chi connectivity index (χ1) is 7.59. The molecule has 0 saturated carbocycles. The number of nitrogens with zero attached hydrogens (tertiary/aromatic N) is 1. The zero-order valence-corrected chi connectivity index (χ0v) is 9.59. The van der Waals surface area contributed by atoms with E-state index >= 15 is 0 Å². The van der Waals surface area contributed by atoms with Crippen LogP contribution < -0.4 is 11.2 Å². The summed E-state index contributed by atoms with van der Waals surface area (Å²) in [6.07, 6.45) is 3.30. The van der Waals surface area contributed by atoms with Crippen LogP contribution in [-0.4, -0.2) is 10.8 Å². The number of nitrogens with one attached hydrogen (secondary N) is 1. The second-order valence-corrected chi connectivity index (χ2v) is 3.52. The number of benzene rings is 1. The Morgan fingerprint density at radius 2 is 2.19 bits per heavy atom. The van der Waals surface area contributed by atoms with Gasteiger partial charge >= 0.3 is 0 Å². The largest absolute Gasteiger partial charge is 0.375 e. The van der Waals surface area contributed by atoms with Crippen LogP contribution in [0.4, 0.5) is 4.39 Å². The molecule has 0 fully saturated rings. The van der Waals surface area contributed by atoms with E-state index in [-0.39, 0.29) is 10.9 Å². The molecule has 0 unspecified atom stereocenters. The normalized spacial score (nSPS) is 11.8. The molecule has 0 atom stereocenters. The lowest BCUT2D eigenvalue weighted by atomic mass is 10.2. The van der Waals surface area contributed by atoms with Crippen LogP contribution in [0.1, 0.15) is 12.5 Å². The third-order valence-electron chi connectivity index (χ3n) is 1.75. The van der Waals surface area contributed by atoms with Crippen molar-refractivity contribution in [3.05, 3.63) is 41.7 Å². The van der Waals surface area contributed by atoms with Crippen molar-refractivity contribution in [3.8, 4) is 0 Å². The summed E-state index contributed by atoms with van der Waals surface area (Å²) in [4.78, 5) is 0. The molecule has 1 rings (SSSR count). The molecular formula is C11H12FN3S. The summed E-state index contributed by atoms with van der Waals surface area (Å²) in [6.45, 7) is 1.75. The zero-order chi connectivity index (χ0) is 12.0. The van der Waals surface area contributed by atoms with Crippen molar-refractivity contribution >= 4 is 29.1 Å². The maximum absolute atomic E-state index is 13.2. The Morgan fingerprint density at radius 1 is 1.50 bits per heavy atom. The number of halogens is 1. The van der Waals surface area contributed by atoms with Crippen LogP contribution >= 0.6 is 12.2 Å². The Morgan fingerprint density at radius 3 is 2.81 bits per heavy atom. The summed E-state index contributed by atoms with van der Waals surface area (Å²) in [5.41, 5.74) is 8.81. The number of rotatable bonds is 3. The van der Waals surface area contributed by atoms with E-state index in [0.29, 0.717) is 11.3 Å². The minimum Gasteiger partial charge on any atom is -0.375 e. The molecule has 5 heteroatoms. The standard InChI is InChI=1S/C11H12FN3S/c1-8(14-15-11(13)16)6-7-9-4-2-3-5-10(9)12/h2-7H,1H3,(H3,13,15,16)/b7-6+,14-8-. The predicted molar refractivity (Wildman–Crippen MR) is 68.5 cm³/mol. The molecule has 84 valence electrons. The molecule has 0 aliphatic rings. The third-order valence-corrected chi connectivity index (χ3v) is 1.84. The number of hydrogen-bond acceptors (Lipinski definition) is 2. The minimum atomic E-state index is -0.270. The van der Waals surface area contributed by atoms with Gasteiger partial charge in [-0.1, -0.05) is 24.3 Å². The second kappa shape index (κ2) is 5.97. The molecule has 0 heterocycles. The molecule has 0 amide bonds. The van der Waals surface area contributed by atoms with Crippen molar-refractivity contribution in [1.82, 2.24) is 5.43 Å². The highest BCUT2D eigenvalue weighted by molar-refractivity contribution is 7.80. The number of hydrogen-bond donors (Lipinski definition) is 2. The van der Waals surface area contributed by atoms with Crippen molar-refractivity contribution in [2.75, 3.05) is 0 Å². The highest BCUT2D eigenvalue weighted by Gasteiger charge is 1.94. The molecule has 16 heavy (non-hydrogen) atoms. The average Bonchev–Trinajstić information content (AvgIpc) is 2.25. The topological polar surface area (TPSA) is 50.4 Å². The summed E-state index contributed by atoms with van der Waals surface area (Å²) >= 11 is 4.59. The Labute approximate surface area is 98.8 Å². The van der Waals surface area contributed by atoms with Gasteiger partial charge in [-0.2, -0.15) is 5.10 Å². The van der Waals surface area contributed by atoms with Gasteiger partial charge in [-0.05, 0) is 31.3 Å². The lowest BCUT2D eigenvalue weighted by Crippen LogP contribution is -2.24. The minimum absolute atomic E-state index is 0.0960. The number of thiocarbonyl (C=S) groups is 1. The van der Waals surface area contributed by atoms with E-state index in [9.17, 15) is 4.39 Å². The summed E-state index contributed by atoms with van der Waals surface area (Å²) < 4.78 is 13.2. The first-order valence-electron chi connectivity index (χ1n) is 4.62. The number of allylic oxidation sites excluding steroid dienone is 1. The van der Waals surface area contributed by atoms with Gasteiger partial charge in [0.15, 0.2) is 5.11 Å². The number of nitrogens with two attached hydrogens (primary N) is 1. The van der Waals surface area contributed by atoms with Gasteiger partial charge in [0.25, 0.3) is 0 Å². The van der Waals surface area contributed by atoms with E-state index in [2.05, 4.69) is 22.7 Å². The average molecular weight is 237 g/mol. The van der Waals surface area contributed by atoms with Crippen molar-refractivity contribution in [2.45, 2.75) is 6.92 Å². The van der Waals surface area contributed by atoms with Gasteiger partial charge in [0.2, 0.25) is 0 Å². The van der Waals surface area contributed by atoms with Crippen LogP contribution in [0, 0.1) is 5.82 Å². The van der Waals surface area contributed by atoms with Crippen LogP contribution in [0.25, 0.3) is 6.08 Å². The van der Waals surface area contributed by atoms with Gasteiger partial charge in [-0.3, -0.25) is 5.43 Å². The van der Waals surface area contributed by atoms with Crippen molar-refractivity contribution < 1.29 is 4.39 Å². The molecule has 0 aliphatic heterocycles. The van der Waals surface area contributed by atoms with Gasteiger partial charge < -0.3 is 5.73 Å². The fourth-order valence-electron chi connectivity index (χ4n) is 1.00. The van der Waals surface area contributed by atoms with Crippen molar-refractivity contribution in [1.29, 1.82) is 0 Å². The molecule has 0 spiro atoms. The van der Waals surface area contributed by atoms with E-state index in [0.717, 1.165) is 0 Å². The quantitative estimate of drug-likeness (QED) is 0.480. The Kier molecular flexibility index (Phi) is 4.60. The summed E-state index contributed by atoms with van der Waals surface area (Å²) in [5.74, 6) is -0.270. The second-order valence-electron chi connectivity index (χ2n) is 3.08. The zero-order valence-electron chi connectivity index (χ0n) is 8.77. The predicted octanol–water partition coefficient (Wildman–Crippen LogP) is 2.05. The molecule has 3 N–H and O–H groups in total. The van der Waals surface area contributed by atoms with E-state index in [4.69, 9.17) is 5.73 Å². The Balaban J connectivity index is 2.70. The van der Waals surface area contributed by atoms with Crippen LogP contribution in [0.3, 0.4) is 0 Å². The molecule has 0 aromatic heterocycles. The Bertz CT molecular complexity index is 441. The monoisotopic (exact) mass is 237 g/mol. The maximum Gasteiger partial charge on any atom is 0.184 e. The molecule has 0 saturated heterocycles. The first kappa shape index (κ1) is 12.3. The van der Waals surface area contributed by atoms with E-state index in [1.807, 2.05) is 0 Å². The summed E-state index contributed by atoms with van der Waals surface area (Å²) in [6, 6.07) is 6.49.